The molecule has 1 aromatic carbocycles. The van der Waals surface area contributed by atoms with E-state index in [1.54, 1.807) is 12.4 Å². The Balaban J connectivity index is 2.20. The van der Waals surface area contributed by atoms with Crippen molar-refractivity contribution in [3.8, 4) is 11.5 Å². The molecule has 0 aliphatic carbocycles. The molecule has 4 heteroatoms. The zero-order valence-electron chi connectivity index (χ0n) is 8.36. The highest BCUT2D eigenvalue weighted by molar-refractivity contribution is 9.10. The van der Waals surface area contributed by atoms with E-state index >= 15 is 0 Å². The molecular formula is C12H9BrClNO. The predicted octanol–water partition coefficient (Wildman–Crippen LogP) is 4.38. The number of aromatic nitrogens is 1. The Hall–Kier alpha value is -1.06. The highest BCUT2D eigenvalue weighted by Gasteiger charge is 1.99. The third-order valence-electron chi connectivity index (χ3n) is 1.96. The van der Waals surface area contributed by atoms with E-state index in [-0.39, 0.29) is 0 Å². The molecule has 0 saturated carbocycles. The maximum atomic E-state index is 5.72. The molecule has 0 saturated heterocycles. The highest BCUT2D eigenvalue weighted by Crippen LogP contribution is 2.24. The molecule has 0 N–H and O–H groups in total. The zero-order valence-corrected chi connectivity index (χ0v) is 10.7. The van der Waals surface area contributed by atoms with Gasteiger partial charge in [-0.25, -0.2) is 0 Å². The van der Waals surface area contributed by atoms with E-state index in [1.165, 1.54) is 0 Å². The minimum atomic E-state index is 0.433. The summed E-state index contributed by atoms with van der Waals surface area (Å²) in [6.07, 6.45) is 3.39. The van der Waals surface area contributed by atoms with Gasteiger partial charge in [0.1, 0.15) is 11.5 Å². The van der Waals surface area contributed by atoms with Crippen LogP contribution in [0.5, 0.6) is 11.5 Å². The van der Waals surface area contributed by atoms with Gasteiger partial charge >= 0.3 is 0 Å². The van der Waals surface area contributed by atoms with Crippen LogP contribution in [0.4, 0.5) is 0 Å². The van der Waals surface area contributed by atoms with Crippen LogP contribution in [0, 0.1) is 0 Å². The van der Waals surface area contributed by atoms with Crippen LogP contribution >= 0.6 is 27.5 Å². The molecule has 82 valence electrons. The number of hydrogen-bond acceptors (Lipinski definition) is 2. The molecule has 0 amide bonds. The first-order chi connectivity index (χ1) is 7.78. The minimum Gasteiger partial charge on any atom is -0.456 e. The Morgan fingerprint density at radius 3 is 2.81 bits per heavy atom. The lowest BCUT2D eigenvalue weighted by molar-refractivity contribution is 0.479. The number of hydrogen-bond donors (Lipinski definition) is 0. The fourth-order valence-corrected chi connectivity index (χ4v) is 1.78. The van der Waals surface area contributed by atoms with Crippen LogP contribution in [0.25, 0.3) is 0 Å². The molecule has 1 heterocycles. The number of ether oxygens (including phenoxy) is 1. The van der Waals surface area contributed by atoms with Gasteiger partial charge in [0.25, 0.3) is 0 Å². The Kier molecular flexibility index (Phi) is 3.80. The molecule has 2 aromatic rings. The number of halogens is 2. The van der Waals surface area contributed by atoms with Gasteiger partial charge in [-0.3, -0.25) is 4.98 Å². The van der Waals surface area contributed by atoms with Crippen molar-refractivity contribution < 1.29 is 4.74 Å². The van der Waals surface area contributed by atoms with Crippen molar-refractivity contribution >= 4 is 27.5 Å². The van der Waals surface area contributed by atoms with Crippen molar-refractivity contribution in [3.05, 3.63) is 52.8 Å². The third kappa shape index (κ3) is 2.97. The van der Waals surface area contributed by atoms with Gasteiger partial charge in [-0.05, 0) is 29.8 Å². The molecule has 2 nitrogen and oxygen atoms in total. The number of pyridine rings is 1. The fourth-order valence-electron chi connectivity index (χ4n) is 1.26. The van der Waals surface area contributed by atoms with E-state index in [9.17, 15) is 0 Å². The van der Waals surface area contributed by atoms with Gasteiger partial charge in [-0.2, -0.15) is 0 Å². The topological polar surface area (TPSA) is 22.1 Å². The first-order valence-electron chi connectivity index (χ1n) is 4.71. The number of nitrogens with zero attached hydrogens (tertiary/aromatic N) is 1. The van der Waals surface area contributed by atoms with Gasteiger partial charge in [0.05, 0.1) is 6.20 Å². The standard InChI is InChI=1S/C12H9BrClNO/c13-10-2-1-3-11(5-10)16-12-4-9(6-14)7-15-8-12/h1-5,7-8H,6H2. The van der Waals surface area contributed by atoms with Crippen molar-refractivity contribution in [2.24, 2.45) is 0 Å². The molecule has 0 aliphatic rings. The predicted molar refractivity (Wildman–Crippen MR) is 68.0 cm³/mol. The van der Waals surface area contributed by atoms with Gasteiger partial charge in [0.15, 0.2) is 0 Å². The van der Waals surface area contributed by atoms with Gasteiger partial charge < -0.3 is 4.74 Å². The number of alkyl halides is 1. The normalized spacial score (nSPS) is 10.1. The highest BCUT2D eigenvalue weighted by atomic mass is 79.9. The Morgan fingerprint density at radius 1 is 1.19 bits per heavy atom. The number of rotatable bonds is 3. The lowest BCUT2D eigenvalue weighted by atomic mass is 10.3. The molecule has 0 bridgehead atoms. The monoisotopic (exact) mass is 297 g/mol. The van der Waals surface area contributed by atoms with Gasteiger partial charge in [0, 0.05) is 16.5 Å². The summed E-state index contributed by atoms with van der Waals surface area (Å²) in [6, 6.07) is 9.52. The molecule has 1 aromatic heterocycles. The first kappa shape index (κ1) is 11.4. The summed E-state index contributed by atoms with van der Waals surface area (Å²) in [5.74, 6) is 1.89. The Morgan fingerprint density at radius 2 is 2.06 bits per heavy atom. The summed E-state index contributed by atoms with van der Waals surface area (Å²) < 4.78 is 6.63. The Bertz CT molecular complexity index is 490. The van der Waals surface area contributed by atoms with Crippen molar-refractivity contribution in [1.29, 1.82) is 0 Å². The average Bonchev–Trinajstić information content (AvgIpc) is 2.29. The summed E-state index contributed by atoms with van der Waals surface area (Å²) in [4.78, 5) is 4.05. The summed E-state index contributed by atoms with van der Waals surface area (Å²) in [7, 11) is 0. The molecule has 16 heavy (non-hydrogen) atoms. The summed E-state index contributed by atoms with van der Waals surface area (Å²) in [5, 5.41) is 0. The van der Waals surface area contributed by atoms with Crippen molar-refractivity contribution in [3.63, 3.8) is 0 Å². The molecule has 0 unspecified atom stereocenters. The van der Waals surface area contributed by atoms with Crippen LogP contribution in [0.15, 0.2) is 47.2 Å². The summed E-state index contributed by atoms with van der Waals surface area (Å²) in [6.45, 7) is 0. The third-order valence-corrected chi connectivity index (χ3v) is 2.76. The van der Waals surface area contributed by atoms with E-state index < -0.39 is 0 Å². The lowest BCUT2D eigenvalue weighted by Gasteiger charge is -2.06. The molecule has 0 fully saturated rings. The van der Waals surface area contributed by atoms with Crippen LogP contribution < -0.4 is 4.74 Å². The van der Waals surface area contributed by atoms with Crippen molar-refractivity contribution in [1.82, 2.24) is 4.98 Å². The minimum absolute atomic E-state index is 0.433. The molecule has 0 aliphatic heterocycles. The molecule has 0 spiro atoms. The van der Waals surface area contributed by atoms with E-state index in [1.807, 2.05) is 30.3 Å². The van der Waals surface area contributed by atoms with Crippen LogP contribution in [-0.4, -0.2) is 4.98 Å². The smallest absolute Gasteiger partial charge is 0.146 e. The quantitative estimate of drug-likeness (QED) is 0.785. The molecular weight excluding hydrogens is 289 g/mol. The van der Waals surface area contributed by atoms with E-state index in [0.717, 1.165) is 15.8 Å². The second-order valence-corrected chi connectivity index (χ2v) is 4.40. The van der Waals surface area contributed by atoms with Crippen molar-refractivity contribution in [2.45, 2.75) is 5.88 Å². The lowest BCUT2D eigenvalue weighted by Crippen LogP contribution is -1.87. The summed E-state index contributed by atoms with van der Waals surface area (Å²) >= 11 is 9.11. The van der Waals surface area contributed by atoms with E-state index in [4.69, 9.17) is 16.3 Å². The van der Waals surface area contributed by atoms with Crippen LogP contribution in [0.2, 0.25) is 0 Å². The molecule has 0 atom stereocenters. The maximum absolute atomic E-state index is 5.72. The Labute approximate surface area is 107 Å². The maximum Gasteiger partial charge on any atom is 0.146 e. The first-order valence-corrected chi connectivity index (χ1v) is 6.04. The van der Waals surface area contributed by atoms with Crippen molar-refractivity contribution in [2.75, 3.05) is 0 Å². The van der Waals surface area contributed by atoms with E-state index in [0.29, 0.717) is 11.6 Å². The largest absolute Gasteiger partial charge is 0.456 e. The molecule has 2 rings (SSSR count). The molecule has 0 radical (unpaired) electrons. The second kappa shape index (κ2) is 5.32. The van der Waals surface area contributed by atoms with Gasteiger partial charge in [-0.15, -0.1) is 11.6 Å². The van der Waals surface area contributed by atoms with Crippen LogP contribution in [0.1, 0.15) is 5.56 Å². The van der Waals surface area contributed by atoms with Crippen LogP contribution in [-0.2, 0) is 5.88 Å². The van der Waals surface area contributed by atoms with Crippen LogP contribution in [0.3, 0.4) is 0 Å². The second-order valence-electron chi connectivity index (χ2n) is 3.22. The number of benzene rings is 1. The van der Waals surface area contributed by atoms with Gasteiger partial charge in [-0.1, -0.05) is 22.0 Å². The fraction of sp³-hybridized carbons (Fsp3) is 0.0833. The van der Waals surface area contributed by atoms with Gasteiger partial charge in [0.2, 0.25) is 0 Å². The average molecular weight is 299 g/mol. The SMILES string of the molecule is ClCc1cncc(Oc2cccc(Br)c2)c1. The summed E-state index contributed by atoms with van der Waals surface area (Å²) in [5.41, 5.74) is 0.939. The zero-order chi connectivity index (χ0) is 11.4. The van der Waals surface area contributed by atoms with E-state index in [2.05, 4.69) is 20.9 Å².